The minimum Gasteiger partial charge on any atom is -0.467 e. The molecule has 1 heterocycles. The second kappa shape index (κ2) is 7.10. The van der Waals surface area contributed by atoms with Gasteiger partial charge in [0.05, 0.1) is 13.7 Å². The molecule has 6 nitrogen and oxygen atoms in total. The van der Waals surface area contributed by atoms with Gasteiger partial charge in [-0.3, -0.25) is 4.79 Å². The lowest BCUT2D eigenvalue weighted by Gasteiger charge is -2.17. The summed E-state index contributed by atoms with van der Waals surface area (Å²) in [6, 6.07) is 1.89. The predicted octanol–water partition coefficient (Wildman–Crippen LogP) is 0.0521. The van der Waals surface area contributed by atoms with Crippen LogP contribution in [0.2, 0.25) is 0 Å². The third-order valence-corrected chi connectivity index (χ3v) is 3.17. The summed E-state index contributed by atoms with van der Waals surface area (Å²) in [5.74, 6) is -0.990. The second-order valence-corrected chi connectivity index (χ2v) is 4.52. The highest BCUT2D eigenvalue weighted by atomic mass is 32.1. The van der Waals surface area contributed by atoms with E-state index < -0.39 is 24.0 Å². The zero-order valence-electron chi connectivity index (χ0n) is 10.2. The number of rotatable bonds is 6. The first-order valence-electron chi connectivity index (χ1n) is 5.26. The molecule has 0 bridgehead atoms. The molecule has 0 aliphatic carbocycles. The Hall–Kier alpha value is -1.44. The van der Waals surface area contributed by atoms with Gasteiger partial charge in [0.2, 0.25) is 5.91 Å². The molecule has 3 N–H and O–H groups in total. The lowest BCUT2D eigenvalue weighted by Crippen LogP contribution is -2.46. The fraction of sp³-hybridized carbons (Fsp3) is 0.455. The van der Waals surface area contributed by atoms with Crippen molar-refractivity contribution in [1.29, 1.82) is 0 Å². The molecule has 1 rings (SSSR count). The van der Waals surface area contributed by atoms with E-state index in [9.17, 15) is 9.59 Å². The maximum atomic E-state index is 11.7. The van der Waals surface area contributed by atoms with E-state index in [0.717, 1.165) is 0 Å². The molecule has 18 heavy (non-hydrogen) atoms. The quantitative estimate of drug-likeness (QED) is 0.714. The number of nitrogens with two attached hydrogens (primary N) is 1. The van der Waals surface area contributed by atoms with Crippen molar-refractivity contribution in [2.24, 2.45) is 5.73 Å². The summed E-state index contributed by atoms with van der Waals surface area (Å²) < 4.78 is 9.44. The first kappa shape index (κ1) is 14.6. The van der Waals surface area contributed by atoms with Crippen molar-refractivity contribution >= 4 is 23.2 Å². The molecule has 1 aromatic heterocycles. The highest BCUT2D eigenvalue weighted by molar-refractivity contribution is 7.10. The Morgan fingerprint density at radius 3 is 2.72 bits per heavy atom. The number of nitrogens with one attached hydrogen (secondary N) is 1. The van der Waals surface area contributed by atoms with Crippen LogP contribution < -0.4 is 11.1 Å². The number of ether oxygens (including phenoxy) is 2. The van der Waals surface area contributed by atoms with E-state index in [2.05, 4.69) is 10.1 Å². The van der Waals surface area contributed by atoms with Crippen LogP contribution in [-0.2, 0) is 19.1 Å². The van der Waals surface area contributed by atoms with Crippen LogP contribution in [0.5, 0.6) is 0 Å². The van der Waals surface area contributed by atoms with Crippen LogP contribution in [0.15, 0.2) is 17.5 Å². The first-order valence-corrected chi connectivity index (χ1v) is 6.14. The maximum absolute atomic E-state index is 11.7. The molecule has 0 fully saturated rings. The van der Waals surface area contributed by atoms with Crippen LogP contribution >= 0.6 is 11.3 Å². The molecule has 0 aromatic carbocycles. The van der Waals surface area contributed by atoms with Gasteiger partial charge in [0.15, 0.2) is 6.04 Å². The summed E-state index contributed by atoms with van der Waals surface area (Å²) in [6.07, 6.45) is 0. The van der Waals surface area contributed by atoms with Crippen LogP contribution in [0.3, 0.4) is 0 Å². The highest BCUT2D eigenvalue weighted by Crippen LogP contribution is 2.20. The van der Waals surface area contributed by atoms with E-state index in [1.54, 1.807) is 12.1 Å². The molecular formula is C11H16N2O4S. The van der Waals surface area contributed by atoms with Crippen molar-refractivity contribution in [2.45, 2.75) is 12.1 Å². The van der Waals surface area contributed by atoms with Gasteiger partial charge in [-0.05, 0) is 11.4 Å². The average Bonchev–Trinajstić information content (AvgIpc) is 2.88. The molecule has 2 unspecified atom stereocenters. The van der Waals surface area contributed by atoms with E-state index >= 15 is 0 Å². The smallest absolute Gasteiger partial charge is 0.333 e. The van der Waals surface area contributed by atoms with Crippen LogP contribution in [0.1, 0.15) is 10.9 Å². The van der Waals surface area contributed by atoms with Crippen molar-refractivity contribution in [3.05, 3.63) is 22.4 Å². The zero-order chi connectivity index (χ0) is 13.5. The number of amides is 1. The lowest BCUT2D eigenvalue weighted by molar-refractivity contribution is -0.145. The molecule has 1 amide bonds. The Balaban J connectivity index is 2.74. The molecule has 0 saturated heterocycles. The zero-order valence-corrected chi connectivity index (χ0v) is 11.0. The minimum absolute atomic E-state index is 0.0875. The predicted molar refractivity (Wildman–Crippen MR) is 67.1 cm³/mol. The lowest BCUT2D eigenvalue weighted by atomic mass is 10.2. The fourth-order valence-corrected chi connectivity index (χ4v) is 2.09. The molecular weight excluding hydrogens is 256 g/mol. The fourth-order valence-electron chi connectivity index (χ4n) is 1.32. The SMILES string of the molecule is COCC(N)C(=O)NC(C(=O)OC)c1cccs1. The van der Waals surface area contributed by atoms with Crippen LogP contribution in [0.4, 0.5) is 0 Å². The van der Waals surface area contributed by atoms with Crippen LogP contribution in [0, 0.1) is 0 Å². The van der Waals surface area contributed by atoms with E-state index in [1.165, 1.54) is 25.6 Å². The summed E-state index contributed by atoms with van der Waals surface area (Å²) in [4.78, 5) is 24.1. The monoisotopic (exact) mass is 272 g/mol. The normalized spacial score (nSPS) is 13.7. The summed E-state index contributed by atoms with van der Waals surface area (Å²) in [7, 11) is 2.72. The Labute approximate surface area is 109 Å². The largest absolute Gasteiger partial charge is 0.467 e. The molecule has 100 valence electrons. The van der Waals surface area contributed by atoms with E-state index in [4.69, 9.17) is 10.5 Å². The van der Waals surface area contributed by atoms with E-state index in [1.807, 2.05) is 5.38 Å². The average molecular weight is 272 g/mol. The van der Waals surface area contributed by atoms with Gasteiger partial charge < -0.3 is 20.5 Å². The minimum atomic E-state index is -0.828. The van der Waals surface area contributed by atoms with E-state index in [0.29, 0.717) is 4.88 Å². The van der Waals surface area contributed by atoms with Gasteiger partial charge in [-0.25, -0.2) is 4.79 Å². The molecule has 1 aromatic rings. The van der Waals surface area contributed by atoms with Gasteiger partial charge in [0, 0.05) is 12.0 Å². The summed E-state index contributed by atoms with van der Waals surface area (Å²) >= 11 is 1.35. The van der Waals surface area contributed by atoms with Crippen LogP contribution in [0.25, 0.3) is 0 Å². The number of hydrogen-bond acceptors (Lipinski definition) is 6. The number of carbonyl (C=O) groups excluding carboxylic acids is 2. The Kier molecular flexibility index (Phi) is 5.76. The van der Waals surface area contributed by atoms with Crippen molar-refractivity contribution in [1.82, 2.24) is 5.32 Å². The van der Waals surface area contributed by atoms with Gasteiger partial charge in [0.1, 0.15) is 6.04 Å². The number of hydrogen-bond donors (Lipinski definition) is 2. The molecule has 0 spiro atoms. The summed E-state index contributed by atoms with van der Waals surface area (Å²) in [5, 5.41) is 4.36. The third-order valence-electron chi connectivity index (χ3n) is 2.23. The molecule has 0 aliphatic rings. The molecule has 0 radical (unpaired) electrons. The summed E-state index contributed by atoms with van der Waals surface area (Å²) in [5.41, 5.74) is 5.59. The number of thiophene rings is 1. The number of methoxy groups -OCH3 is 2. The Bertz CT molecular complexity index is 394. The summed E-state index contributed by atoms with van der Waals surface area (Å²) in [6.45, 7) is 0.0875. The Morgan fingerprint density at radius 2 is 2.22 bits per heavy atom. The third kappa shape index (κ3) is 3.80. The standard InChI is InChI=1S/C11H16N2O4S/c1-16-6-7(12)10(14)13-9(11(15)17-2)8-4-3-5-18-8/h3-5,7,9H,6,12H2,1-2H3,(H,13,14). The number of carbonyl (C=O) groups is 2. The Morgan fingerprint density at radius 1 is 1.50 bits per heavy atom. The van der Waals surface area contributed by atoms with Gasteiger partial charge in [-0.2, -0.15) is 0 Å². The topological polar surface area (TPSA) is 90.6 Å². The van der Waals surface area contributed by atoms with Gasteiger partial charge >= 0.3 is 5.97 Å². The number of esters is 1. The first-order chi connectivity index (χ1) is 8.60. The van der Waals surface area contributed by atoms with Crippen molar-refractivity contribution in [2.75, 3.05) is 20.8 Å². The van der Waals surface area contributed by atoms with Gasteiger partial charge in [-0.1, -0.05) is 6.07 Å². The van der Waals surface area contributed by atoms with Crippen molar-refractivity contribution in [3.63, 3.8) is 0 Å². The molecule has 2 atom stereocenters. The van der Waals surface area contributed by atoms with Crippen molar-refractivity contribution < 1.29 is 19.1 Å². The van der Waals surface area contributed by atoms with Gasteiger partial charge in [0.25, 0.3) is 0 Å². The maximum Gasteiger partial charge on any atom is 0.333 e. The highest BCUT2D eigenvalue weighted by Gasteiger charge is 2.26. The van der Waals surface area contributed by atoms with Crippen molar-refractivity contribution in [3.8, 4) is 0 Å². The second-order valence-electron chi connectivity index (χ2n) is 3.54. The molecule has 7 heteroatoms. The van der Waals surface area contributed by atoms with Crippen LogP contribution in [-0.4, -0.2) is 38.7 Å². The van der Waals surface area contributed by atoms with Gasteiger partial charge in [-0.15, -0.1) is 11.3 Å². The van der Waals surface area contributed by atoms with E-state index in [-0.39, 0.29) is 6.61 Å². The molecule has 0 saturated carbocycles. The molecule has 0 aliphatic heterocycles.